The SMILES string of the molecule is CC1CC(=O)c2cccc(C(=O)O)c2S1. The van der Waals surface area contributed by atoms with Crippen LogP contribution in [-0.4, -0.2) is 22.1 Å². The summed E-state index contributed by atoms with van der Waals surface area (Å²) in [6.07, 6.45) is 0.487. The number of carbonyl (C=O) groups excluding carboxylic acids is 1. The first-order valence-electron chi connectivity index (χ1n) is 4.65. The van der Waals surface area contributed by atoms with Crippen LogP contribution in [0.2, 0.25) is 0 Å². The van der Waals surface area contributed by atoms with E-state index in [0.717, 1.165) is 0 Å². The summed E-state index contributed by atoms with van der Waals surface area (Å²) in [5.74, 6) is -0.930. The molecule has 1 aliphatic rings. The van der Waals surface area contributed by atoms with Crippen LogP contribution in [0.15, 0.2) is 23.1 Å². The number of benzene rings is 1. The monoisotopic (exact) mass is 222 g/mol. The van der Waals surface area contributed by atoms with Crippen LogP contribution in [0.5, 0.6) is 0 Å². The van der Waals surface area contributed by atoms with Crippen LogP contribution in [0.25, 0.3) is 0 Å². The first kappa shape index (κ1) is 10.2. The summed E-state index contributed by atoms with van der Waals surface area (Å²) in [4.78, 5) is 23.2. The molecule has 0 saturated carbocycles. The van der Waals surface area contributed by atoms with Gasteiger partial charge in [-0.2, -0.15) is 0 Å². The average Bonchev–Trinajstić information content (AvgIpc) is 2.16. The highest BCUT2D eigenvalue weighted by Gasteiger charge is 2.26. The van der Waals surface area contributed by atoms with Gasteiger partial charge in [-0.25, -0.2) is 4.79 Å². The molecule has 1 aromatic carbocycles. The first-order valence-corrected chi connectivity index (χ1v) is 5.53. The Morgan fingerprint density at radius 1 is 1.53 bits per heavy atom. The van der Waals surface area contributed by atoms with Gasteiger partial charge in [-0.05, 0) is 6.07 Å². The van der Waals surface area contributed by atoms with Gasteiger partial charge in [-0.1, -0.05) is 19.1 Å². The Balaban J connectivity index is 2.59. The van der Waals surface area contributed by atoms with Crippen LogP contribution in [0.4, 0.5) is 0 Å². The Morgan fingerprint density at radius 2 is 2.27 bits per heavy atom. The highest BCUT2D eigenvalue weighted by atomic mass is 32.2. The van der Waals surface area contributed by atoms with E-state index >= 15 is 0 Å². The summed E-state index contributed by atoms with van der Waals surface area (Å²) < 4.78 is 0. The zero-order valence-corrected chi connectivity index (χ0v) is 9.00. The summed E-state index contributed by atoms with van der Waals surface area (Å²) >= 11 is 1.47. The fraction of sp³-hybridized carbons (Fsp3) is 0.273. The van der Waals surface area contributed by atoms with Gasteiger partial charge < -0.3 is 5.11 Å². The van der Waals surface area contributed by atoms with Crippen molar-refractivity contribution in [2.75, 3.05) is 0 Å². The zero-order valence-electron chi connectivity index (χ0n) is 8.19. The van der Waals surface area contributed by atoms with Gasteiger partial charge in [0.2, 0.25) is 0 Å². The number of fused-ring (bicyclic) bond motifs is 1. The normalized spacial score (nSPS) is 19.8. The summed E-state index contributed by atoms with van der Waals surface area (Å²) in [7, 11) is 0. The molecule has 0 aromatic heterocycles. The van der Waals surface area contributed by atoms with E-state index in [9.17, 15) is 9.59 Å². The summed E-state index contributed by atoms with van der Waals surface area (Å²) in [5, 5.41) is 9.15. The molecule has 0 radical (unpaired) electrons. The fourth-order valence-electron chi connectivity index (χ4n) is 1.67. The average molecular weight is 222 g/mol. The van der Waals surface area contributed by atoms with Crippen molar-refractivity contribution < 1.29 is 14.7 Å². The van der Waals surface area contributed by atoms with Gasteiger partial charge in [-0.3, -0.25) is 4.79 Å². The molecule has 1 N–H and O–H groups in total. The van der Waals surface area contributed by atoms with E-state index in [1.165, 1.54) is 11.8 Å². The van der Waals surface area contributed by atoms with Crippen molar-refractivity contribution in [3.63, 3.8) is 0 Å². The lowest BCUT2D eigenvalue weighted by Crippen LogP contribution is -2.17. The van der Waals surface area contributed by atoms with Crippen molar-refractivity contribution in [1.82, 2.24) is 0 Å². The van der Waals surface area contributed by atoms with Crippen LogP contribution in [0.1, 0.15) is 34.1 Å². The van der Waals surface area contributed by atoms with E-state index in [4.69, 9.17) is 5.11 Å². The number of hydrogen-bond acceptors (Lipinski definition) is 3. The van der Waals surface area contributed by atoms with Gasteiger partial charge >= 0.3 is 5.97 Å². The van der Waals surface area contributed by atoms with E-state index < -0.39 is 5.97 Å². The molecule has 4 heteroatoms. The number of carboxylic acids is 1. The Labute approximate surface area is 91.5 Å². The number of rotatable bonds is 1. The maximum atomic E-state index is 11.7. The molecule has 78 valence electrons. The van der Waals surface area contributed by atoms with Crippen LogP contribution in [-0.2, 0) is 0 Å². The molecule has 3 nitrogen and oxygen atoms in total. The maximum Gasteiger partial charge on any atom is 0.336 e. The molecule has 1 aromatic rings. The minimum atomic E-state index is -0.971. The Morgan fingerprint density at radius 3 is 2.93 bits per heavy atom. The topological polar surface area (TPSA) is 54.4 Å². The molecular weight excluding hydrogens is 212 g/mol. The van der Waals surface area contributed by atoms with Crippen LogP contribution in [0.3, 0.4) is 0 Å². The van der Waals surface area contributed by atoms with Crippen molar-refractivity contribution in [2.45, 2.75) is 23.5 Å². The number of carbonyl (C=O) groups is 2. The molecule has 0 amide bonds. The third-order valence-electron chi connectivity index (χ3n) is 2.34. The van der Waals surface area contributed by atoms with Crippen molar-refractivity contribution >= 4 is 23.5 Å². The van der Waals surface area contributed by atoms with Gasteiger partial charge in [0.15, 0.2) is 5.78 Å². The molecule has 2 rings (SSSR count). The van der Waals surface area contributed by atoms with E-state index in [-0.39, 0.29) is 16.6 Å². The van der Waals surface area contributed by atoms with Crippen LogP contribution < -0.4 is 0 Å². The quantitative estimate of drug-likeness (QED) is 0.793. The lowest BCUT2D eigenvalue weighted by atomic mass is 10.0. The largest absolute Gasteiger partial charge is 0.478 e. The van der Waals surface area contributed by atoms with Crippen molar-refractivity contribution in [3.8, 4) is 0 Å². The summed E-state index contributed by atoms with van der Waals surface area (Å²) in [6.45, 7) is 1.93. The Bertz CT molecular complexity index is 425. The Hall–Kier alpha value is -1.29. The molecule has 1 atom stereocenters. The van der Waals surface area contributed by atoms with E-state index in [1.807, 2.05) is 6.92 Å². The highest BCUT2D eigenvalue weighted by Crippen LogP contribution is 2.37. The highest BCUT2D eigenvalue weighted by molar-refractivity contribution is 8.00. The number of ketones is 1. The molecule has 0 bridgehead atoms. The lowest BCUT2D eigenvalue weighted by molar-refractivity contribution is 0.0693. The number of hydrogen-bond donors (Lipinski definition) is 1. The smallest absolute Gasteiger partial charge is 0.336 e. The minimum Gasteiger partial charge on any atom is -0.478 e. The maximum absolute atomic E-state index is 11.7. The Kier molecular flexibility index (Phi) is 2.52. The predicted octanol–water partition coefficient (Wildman–Crippen LogP) is 2.45. The second-order valence-electron chi connectivity index (χ2n) is 3.54. The molecule has 0 fully saturated rings. The third kappa shape index (κ3) is 1.77. The van der Waals surface area contributed by atoms with Gasteiger partial charge in [0.1, 0.15) is 0 Å². The molecule has 15 heavy (non-hydrogen) atoms. The fourth-order valence-corrected chi connectivity index (χ4v) is 2.89. The lowest BCUT2D eigenvalue weighted by Gasteiger charge is -2.20. The second kappa shape index (κ2) is 3.70. The number of carboxylic acid groups (broad SMARTS) is 1. The first-order chi connectivity index (χ1) is 7.09. The standard InChI is InChI=1S/C11H10O3S/c1-6-5-9(12)7-3-2-4-8(11(13)14)10(7)15-6/h2-4,6H,5H2,1H3,(H,13,14). The molecule has 0 aliphatic carbocycles. The minimum absolute atomic E-state index is 0.0411. The van der Waals surface area contributed by atoms with Crippen LogP contribution >= 0.6 is 11.8 Å². The number of Topliss-reactive ketones (excluding diaryl/α,β-unsaturated/α-hetero) is 1. The van der Waals surface area contributed by atoms with Crippen LogP contribution in [0, 0.1) is 0 Å². The number of aromatic carboxylic acids is 1. The van der Waals surface area contributed by atoms with E-state index in [0.29, 0.717) is 16.9 Å². The molecule has 0 saturated heterocycles. The van der Waals surface area contributed by atoms with Crippen molar-refractivity contribution in [1.29, 1.82) is 0 Å². The van der Waals surface area contributed by atoms with Crippen molar-refractivity contribution in [2.24, 2.45) is 0 Å². The van der Waals surface area contributed by atoms with Gasteiger partial charge in [0, 0.05) is 22.1 Å². The molecule has 0 spiro atoms. The molecule has 1 heterocycles. The number of thioether (sulfide) groups is 1. The van der Waals surface area contributed by atoms with Gasteiger partial charge in [0.25, 0.3) is 0 Å². The molecular formula is C11H10O3S. The molecule has 1 aliphatic heterocycles. The van der Waals surface area contributed by atoms with Crippen molar-refractivity contribution in [3.05, 3.63) is 29.3 Å². The summed E-state index contributed by atoms with van der Waals surface area (Å²) in [5.41, 5.74) is 0.787. The molecule has 1 unspecified atom stereocenters. The van der Waals surface area contributed by atoms with Gasteiger partial charge in [-0.15, -0.1) is 11.8 Å². The second-order valence-corrected chi connectivity index (χ2v) is 4.99. The predicted molar refractivity (Wildman–Crippen MR) is 57.7 cm³/mol. The van der Waals surface area contributed by atoms with Gasteiger partial charge in [0.05, 0.1) is 5.56 Å². The van der Waals surface area contributed by atoms with E-state index in [2.05, 4.69) is 0 Å². The summed E-state index contributed by atoms with van der Waals surface area (Å²) in [6, 6.07) is 4.86. The third-order valence-corrected chi connectivity index (χ3v) is 3.58. The van der Waals surface area contributed by atoms with E-state index in [1.54, 1.807) is 18.2 Å². The zero-order chi connectivity index (χ0) is 11.0.